The highest BCUT2D eigenvalue weighted by atomic mass is 15.1. The van der Waals surface area contributed by atoms with E-state index in [4.69, 9.17) is 0 Å². The lowest BCUT2D eigenvalue weighted by Gasteiger charge is -2.21. The molecule has 0 aromatic carbocycles. The molecule has 3 heteroatoms. The summed E-state index contributed by atoms with van der Waals surface area (Å²) in [4.78, 5) is 6.78. The molecule has 1 atom stereocenters. The third kappa shape index (κ3) is 4.73. The Balaban J connectivity index is 2.37. The summed E-state index contributed by atoms with van der Waals surface area (Å²) in [5, 5.41) is 3.27. The van der Waals surface area contributed by atoms with Crippen molar-refractivity contribution in [1.82, 2.24) is 15.2 Å². The lowest BCUT2D eigenvalue weighted by atomic mass is 10.2. The largest absolute Gasteiger partial charge is 0.317 e. The van der Waals surface area contributed by atoms with Crippen molar-refractivity contribution in [2.75, 3.05) is 20.1 Å². The zero-order valence-corrected chi connectivity index (χ0v) is 10.6. The summed E-state index contributed by atoms with van der Waals surface area (Å²) in [6, 6.07) is 6.68. The number of nitrogens with zero attached hydrogens (tertiary/aromatic N) is 2. The quantitative estimate of drug-likeness (QED) is 0.762. The van der Waals surface area contributed by atoms with Gasteiger partial charge >= 0.3 is 0 Å². The van der Waals surface area contributed by atoms with Crippen LogP contribution in [0.15, 0.2) is 24.4 Å². The number of aromatic nitrogens is 1. The fourth-order valence-corrected chi connectivity index (χ4v) is 1.59. The Bertz CT molecular complexity index is 274. The zero-order valence-electron chi connectivity index (χ0n) is 10.6. The summed E-state index contributed by atoms with van der Waals surface area (Å²) < 4.78 is 0. The van der Waals surface area contributed by atoms with Crippen molar-refractivity contribution in [2.24, 2.45) is 0 Å². The number of hydrogen-bond acceptors (Lipinski definition) is 3. The first-order valence-corrected chi connectivity index (χ1v) is 6.05. The molecule has 0 amide bonds. The molecule has 0 bridgehead atoms. The van der Waals surface area contributed by atoms with E-state index in [1.807, 2.05) is 25.4 Å². The third-order valence-corrected chi connectivity index (χ3v) is 2.93. The van der Waals surface area contributed by atoms with E-state index in [-0.39, 0.29) is 0 Å². The van der Waals surface area contributed by atoms with Crippen LogP contribution in [0.3, 0.4) is 0 Å². The molecule has 3 nitrogen and oxygen atoms in total. The lowest BCUT2D eigenvalue weighted by Crippen LogP contribution is -2.30. The lowest BCUT2D eigenvalue weighted by molar-refractivity contribution is 0.262. The summed E-state index contributed by atoms with van der Waals surface area (Å²) in [5.74, 6) is 0. The van der Waals surface area contributed by atoms with Crippen molar-refractivity contribution < 1.29 is 0 Å². The highest BCUT2D eigenvalue weighted by Gasteiger charge is 2.06. The molecule has 0 radical (unpaired) electrons. The van der Waals surface area contributed by atoms with Crippen molar-refractivity contribution in [1.29, 1.82) is 0 Å². The minimum atomic E-state index is 0.581. The molecule has 90 valence electrons. The summed E-state index contributed by atoms with van der Waals surface area (Å²) in [7, 11) is 2.01. The highest BCUT2D eigenvalue weighted by Crippen LogP contribution is 2.02. The summed E-state index contributed by atoms with van der Waals surface area (Å²) in [5.41, 5.74) is 1.15. The Morgan fingerprint density at radius 1 is 1.44 bits per heavy atom. The highest BCUT2D eigenvalue weighted by molar-refractivity contribution is 5.03. The SMILES string of the molecule is CCN(CCC(C)NC)Cc1ccccn1. The van der Waals surface area contributed by atoms with Crippen LogP contribution >= 0.6 is 0 Å². The van der Waals surface area contributed by atoms with Gasteiger partial charge in [0.2, 0.25) is 0 Å². The molecule has 0 aliphatic heterocycles. The first-order valence-electron chi connectivity index (χ1n) is 6.05. The van der Waals surface area contributed by atoms with E-state index in [2.05, 4.69) is 35.1 Å². The van der Waals surface area contributed by atoms with Crippen LogP contribution in [-0.2, 0) is 6.54 Å². The van der Waals surface area contributed by atoms with E-state index < -0.39 is 0 Å². The fraction of sp³-hybridized carbons (Fsp3) is 0.615. The molecule has 0 spiro atoms. The Morgan fingerprint density at radius 3 is 2.81 bits per heavy atom. The number of hydrogen-bond donors (Lipinski definition) is 1. The second kappa shape index (κ2) is 7.36. The zero-order chi connectivity index (χ0) is 11.8. The van der Waals surface area contributed by atoms with Gasteiger partial charge in [-0.05, 0) is 39.1 Å². The second-order valence-corrected chi connectivity index (χ2v) is 4.17. The van der Waals surface area contributed by atoms with Crippen LogP contribution in [0.25, 0.3) is 0 Å². The van der Waals surface area contributed by atoms with Gasteiger partial charge in [0.1, 0.15) is 0 Å². The molecule has 0 saturated heterocycles. The first kappa shape index (κ1) is 13.1. The average Bonchev–Trinajstić information content (AvgIpc) is 2.35. The van der Waals surface area contributed by atoms with E-state index in [1.165, 1.54) is 6.42 Å². The normalized spacial score (nSPS) is 13.0. The van der Waals surface area contributed by atoms with Gasteiger partial charge in [0.15, 0.2) is 0 Å². The van der Waals surface area contributed by atoms with Gasteiger partial charge in [-0.15, -0.1) is 0 Å². The molecule has 1 heterocycles. The Morgan fingerprint density at radius 2 is 2.25 bits per heavy atom. The molecule has 1 unspecified atom stereocenters. The summed E-state index contributed by atoms with van der Waals surface area (Å²) in [6.07, 6.45) is 3.04. The van der Waals surface area contributed by atoms with Crippen LogP contribution in [0.1, 0.15) is 26.0 Å². The van der Waals surface area contributed by atoms with Gasteiger partial charge in [-0.3, -0.25) is 9.88 Å². The van der Waals surface area contributed by atoms with Gasteiger partial charge < -0.3 is 5.32 Å². The maximum Gasteiger partial charge on any atom is 0.0543 e. The molecule has 1 rings (SSSR count). The van der Waals surface area contributed by atoms with Gasteiger partial charge in [0, 0.05) is 25.3 Å². The Labute approximate surface area is 98.9 Å². The molecule has 0 fully saturated rings. The van der Waals surface area contributed by atoms with E-state index in [0.29, 0.717) is 6.04 Å². The molecule has 0 aliphatic carbocycles. The maximum absolute atomic E-state index is 4.36. The molecule has 1 aromatic heterocycles. The predicted octanol–water partition coefficient (Wildman–Crippen LogP) is 1.90. The van der Waals surface area contributed by atoms with Gasteiger partial charge in [-0.2, -0.15) is 0 Å². The van der Waals surface area contributed by atoms with Crippen molar-refractivity contribution in [3.63, 3.8) is 0 Å². The van der Waals surface area contributed by atoms with Gasteiger partial charge in [0.25, 0.3) is 0 Å². The monoisotopic (exact) mass is 221 g/mol. The standard InChI is InChI=1S/C13H23N3/c1-4-16(10-8-12(2)14-3)11-13-7-5-6-9-15-13/h5-7,9,12,14H,4,8,10-11H2,1-3H3. The van der Waals surface area contributed by atoms with Gasteiger partial charge in [-0.1, -0.05) is 13.0 Å². The molecule has 1 aromatic rings. The van der Waals surface area contributed by atoms with Crippen LogP contribution in [-0.4, -0.2) is 36.1 Å². The molecule has 16 heavy (non-hydrogen) atoms. The van der Waals surface area contributed by atoms with Gasteiger partial charge in [0.05, 0.1) is 5.69 Å². The van der Waals surface area contributed by atoms with E-state index in [0.717, 1.165) is 25.3 Å². The maximum atomic E-state index is 4.36. The molecule has 0 aliphatic rings. The number of nitrogens with one attached hydrogen (secondary N) is 1. The first-order chi connectivity index (χ1) is 7.76. The van der Waals surface area contributed by atoms with E-state index in [9.17, 15) is 0 Å². The van der Waals surface area contributed by atoms with Crippen LogP contribution in [0.2, 0.25) is 0 Å². The minimum Gasteiger partial charge on any atom is -0.317 e. The molecule has 1 N–H and O–H groups in total. The molecular weight excluding hydrogens is 198 g/mol. The minimum absolute atomic E-state index is 0.581. The predicted molar refractivity (Wildman–Crippen MR) is 68.3 cm³/mol. The van der Waals surface area contributed by atoms with Crippen molar-refractivity contribution >= 4 is 0 Å². The second-order valence-electron chi connectivity index (χ2n) is 4.17. The van der Waals surface area contributed by atoms with Crippen molar-refractivity contribution in [2.45, 2.75) is 32.9 Å². The van der Waals surface area contributed by atoms with Crippen LogP contribution in [0, 0.1) is 0 Å². The van der Waals surface area contributed by atoms with Crippen molar-refractivity contribution in [3.05, 3.63) is 30.1 Å². The van der Waals surface area contributed by atoms with Crippen molar-refractivity contribution in [3.8, 4) is 0 Å². The third-order valence-electron chi connectivity index (χ3n) is 2.93. The van der Waals surface area contributed by atoms with E-state index in [1.54, 1.807) is 0 Å². The average molecular weight is 221 g/mol. The van der Waals surface area contributed by atoms with Crippen LogP contribution < -0.4 is 5.32 Å². The van der Waals surface area contributed by atoms with Gasteiger partial charge in [-0.25, -0.2) is 0 Å². The number of rotatable bonds is 7. The molecule has 0 saturated carbocycles. The topological polar surface area (TPSA) is 28.2 Å². The Hall–Kier alpha value is -0.930. The van der Waals surface area contributed by atoms with Crippen LogP contribution in [0.5, 0.6) is 0 Å². The van der Waals surface area contributed by atoms with E-state index >= 15 is 0 Å². The number of pyridine rings is 1. The Kier molecular flexibility index (Phi) is 6.04. The van der Waals surface area contributed by atoms with Crippen LogP contribution in [0.4, 0.5) is 0 Å². The fourth-order valence-electron chi connectivity index (χ4n) is 1.59. The molecular formula is C13H23N3. The smallest absolute Gasteiger partial charge is 0.0543 e. The summed E-state index contributed by atoms with van der Waals surface area (Å²) >= 11 is 0. The summed E-state index contributed by atoms with van der Waals surface area (Å²) in [6.45, 7) is 7.57.